The van der Waals surface area contributed by atoms with Crippen LogP contribution >= 0.6 is 0 Å². The maximum atomic E-state index is 12.3. The van der Waals surface area contributed by atoms with Crippen molar-refractivity contribution >= 4 is 17.7 Å². The molecule has 3 fully saturated rings. The van der Waals surface area contributed by atoms with Crippen LogP contribution in [-0.2, 0) is 14.4 Å². The molecular weight excluding hydrogens is 382 g/mol. The van der Waals surface area contributed by atoms with Crippen LogP contribution in [0.4, 0.5) is 0 Å². The number of piperidine rings is 1. The van der Waals surface area contributed by atoms with Crippen LogP contribution in [0, 0.1) is 34.5 Å². The number of rotatable bonds is 3. The van der Waals surface area contributed by atoms with E-state index in [1.807, 2.05) is 6.08 Å². The van der Waals surface area contributed by atoms with Gasteiger partial charge < -0.3 is 15.1 Å². The Bertz CT molecular complexity index is 811. The van der Waals surface area contributed by atoms with Crippen molar-refractivity contribution in [2.75, 3.05) is 6.54 Å². The van der Waals surface area contributed by atoms with Crippen molar-refractivity contribution < 1.29 is 24.6 Å². The predicted molar refractivity (Wildman–Crippen MR) is 112 cm³/mol. The van der Waals surface area contributed by atoms with E-state index in [1.54, 1.807) is 0 Å². The lowest BCUT2D eigenvalue weighted by atomic mass is 9.48. The van der Waals surface area contributed by atoms with Crippen molar-refractivity contribution in [3.05, 3.63) is 11.8 Å². The highest BCUT2D eigenvalue weighted by atomic mass is 16.4. The summed E-state index contributed by atoms with van der Waals surface area (Å²) in [6.45, 7) is 9.55. The molecule has 1 aliphatic heterocycles. The first-order chi connectivity index (χ1) is 13.9. The summed E-state index contributed by atoms with van der Waals surface area (Å²) in [6.07, 6.45) is 6.06. The van der Waals surface area contributed by atoms with Gasteiger partial charge in [0.1, 0.15) is 0 Å². The van der Waals surface area contributed by atoms with Crippen LogP contribution in [0.5, 0.6) is 0 Å². The van der Waals surface area contributed by atoms with Gasteiger partial charge in [0, 0.05) is 35.7 Å². The number of carbonyl (C=O) groups excluding carboxylic acids is 1. The molecule has 0 aromatic rings. The molecule has 6 atom stereocenters. The number of nitrogens with zero attached hydrogens (tertiary/aromatic N) is 1. The SMILES string of the molecule is CC(C)(C)N1C[C@H]2[C@@H]3CC[C@H](C(=O)O)[C@@]3(CC(=O)O)CC[C@@H]2[C@@]2(C)CCC(=O)C=C12. The zero-order valence-corrected chi connectivity index (χ0v) is 18.6. The van der Waals surface area contributed by atoms with Gasteiger partial charge in [-0.05, 0) is 76.0 Å². The Labute approximate surface area is 178 Å². The summed E-state index contributed by atoms with van der Waals surface area (Å²) in [5.41, 5.74) is 0.226. The Kier molecular flexibility index (Phi) is 4.87. The van der Waals surface area contributed by atoms with Crippen LogP contribution < -0.4 is 0 Å². The van der Waals surface area contributed by atoms with Gasteiger partial charge in [0.05, 0.1) is 12.3 Å². The first-order valence-corrected chi connectivity index (χ1v) is 11.4. The molecule has 0 aromatic heterocycles. The zero-order valence-electron chi connectivity index (χ0n) is 18.6. The minimum absolute atomic E-state index is 0.0503. The Hall–Kier alpha value is -1.85. The van der Waals surface area contributed by atoms with Gasteiger partial charge >= 0.3 is 11.9 Å². The molecule has 1 saturated heterocycles. The van der Waals surface area contributed by atoms with Crippen molar-refractivity contribution in [3.63, 3.8) is 0 Å². The molecule has 2 N–H and O–H groups in total. The third-order valence-electron chi connectivity index (χ3n) is 9.02. The molecule has 0 aromatic carbocycles. The molecule has 6 heteroatoms. The van der Waals surface area contributed by atoms with Gasteiger partial charge in [0.25, 0.3) is 0 Å². The first-order valence-electron chi connectivity index (χ1n) is 11.4. The fourth-order valence-corrected chi connectivity index (χ4v) is 7.74. The monoisotopic (exact) mass is 417 g/mol. The molecule has 166 valence electrons. The Morgan fingerprint density at radius 2 is 1.83 bits per heavy atom. The van der Waals surface area contributed by atoms with E-state index in [9.17, 15) is 24.6 Å². The number of aliphatic carboxylic acids is 2. The third kappa shape index (κ3) is 3.01. The quantitative estimate of drug-likeness (QED) is 0.722. The van der Waals surface area contributed by atoms with Gasteiger partial charge in [-0.1, -0.05) is 6.92 Å². The number of carboxylic acids is 2. The highest BCUT2D eigenvalue weighted by molar-refractivity contribution is 5.91. The lowest BCUT2D eigenvalue weighted by Crippen LogP contribution is -2.61. The van der Waals surface area contributed by atoms with Gasteiger partial charge in [0.2, 0.25) is 0 Å². The lowest BCUT2D eigenvalue weighted by Gasteiger charge is -2.63. The molecular formula is C24H35NO5. The maximum absolute atomic E-state index is 12.3. The smallest absolute Gasteiger partial charge is 0.307 e. The van der Waals surface area contributed by atoms with Crippen LogP contribution in [0.25, 0.3) is 0 Å². The second-order valence-corrected chi connectivity index (χ2v) is 11.4. The fraction of sp³-hybridized carbons (Fsp3) is 0.792. The standard InChI is InChI=1S/C24H35NO5/c1-22(2,3)25-13-15-16(23(4)9-7-14(26)11-19(23)25)8-10-24(12-20(27)28)17(15)5-6-18(24)21(29)30/h11,15-18H,5-10,12-13H2,1-4H3,(H,27,28)(H,29,30)/t15-,16+,17+,18-,23-,24-/m1/s1. The molecule has 0 spiro atoms. The van der Waals surface area contributed by atoms with Gasteiger partial charge in [0.15, 0.2) is 5.78 Å². The molecule has 4 rings (SSSR count). The highest BCUT2D eigenvalue weighted by Gasteiger charge is 2.64. The summed E-state index contributed by atoms with van der Waals surface area (Å²) in [6, 6.07) is 0. The predicted octanol–water partition coefficient (Wildman–Crippen LogP) is 3.95. The first kappa shape index (κ1) is 21.4. The minimum Gasteiger partial charge on any atom is -0.481 e. The van der Waals surface area contributed by atoms with E-state index in [-0.39, 0.29) is 35.0 Å². The summed E-state index contributed by atoms with van der Waals surface area (Å²) >= 11 is 0. The van der Waals surface area contributed by atoms with Gasteiger partial charge in [-0.2, -0.15) is 0 Å². The van der Waals surface area contributed by atoms with Crippen molar-refractivity contribution in [2.24, 2.45) is 34.5 Å². The number of carbonyl (C=O) groups is 3. The van der Waals surface area contributed by atoms with Crippen LogP contribution in [0.2, 0.25) is 0 Å². The van der Waals surface area contributed by atoms with Crippen LogP contribution in [0.1, 0.15) is 72.6 Å². The summed E-state index contributed by atoms with van der Waals surface area (Å²) in [7, 11) is 0. The molecule has 0 unspecified atom stereocenters. The molecule has 30 heavy (non-hydrogen) atoms. The molecule has 1 heterocycles. The van der Waals surface area contributed by atoms with E-state index in [0.717, 1.165) is 31.5 Å². The van der Waals surface area contributed by atoms with Crippen LogP contribution in [-0.4, -0.2) is 44.9 Å². The zero-order chi connectivity index (χ0) is 22.1. The summed E-state index contributed by atoms with van der Waals surface area (Å²) in [4.78, 5) is 38.6. The summed E-state index contributed by atoms with van der Waals surface area (Å²) < 4.78 is 0. The summed E-state index contributed by atoms with van der Waals surface area (Å²) in [5, 5.41) is 19.6. The summed E-state index contributed by atoms with van der Waals surface area (Å²) in [5.74, 6) is -1.36. The minimum atomic E-state index is -0.884. The topological polar surface area (TPSA) is 94.9 Å². The van der Waals surface area contributed by atoms with E-state index < -0.39 is 23.3 Å². The second-order valence-electron chi connectivity index (χ2n) is 11.4. The molecule has 3 aliphatic carbocycles. The molecule has 6 nitrogen and oxygen atoms in total. The molecule has 2 saturated carbocycles. The Morgan fingerprint density at radius 3 is 2.43 bits per heavy atom. The third-order valence-corrected chi connectivity index (χ3v) is 9.02. The number of allylic oxidation sites excluding steroid dienone is 2. The van der Waals surface area contributed by atoms with E-state index in [4.69, 9.17) is 0 Å². The normalized spacial score (nSPS) is 40.9. The van der Waals surface area contributed by atoms with E-state index in [1.165, 1.54) is 0 Å². The van der Waals surface area contributed by atoms with E-state index >= 15 is 0 Å². The average Bonchev–Trinajstić information content (AvgIpc) is 2.99. The average molecular weight is 418 g/mol. The highest BCUT2D eigenvalue weighted by Crippen LogP contribution is 2.67. The fourth-order valence-electron chi connectivity index (χ4n) is 7.74. The molecule has 0 radical (unpaired) electrons. The van der Waals surface area contributed by atoms with Gasteiger partial charge in [-0.25, -0.2) is 0 Å². The number of likely N-dealkylation sites (tertiary alicyclic amines) is 1. The van der Waals surface area contributed by atoms with Crippen LogP contribution in [0.3, 0.4) is 0 Å². The van der Waals surface area contributed by atoms with Crippen molar-refractivity contribution in [1.82, 2.24) is 4.90 Å². The number of carboxylic acid groups (broad SMARTS) is 2. The van der Waals surface area contributed by atoms with E-state index in [0.29, 0.717) is 25.2 Å². The van der Waals surface area contributed by atoms with E-state index in [2.05, 4.69) is 32.6 Å². The molecule has 4 aliphatic rings. The lowest BCUT2D eigenvalue weighted by molar-refractivity contribution is -0.159. The van der Waals surface area contributed by atoms with Crippen molar-refractivity contribution in [1.29, 1.82) is 0 Å². The molecule has 0 amide bonds. The maximum Gasteiger partial charge on any atom is 0.307 e. The molecule has 0 bridgehead atoms. The number of hydrogen-bond donors (Lipinski definition) is 2. The van der Waals surface area contributed by atoms with Crippen molar-refractivity contribution in [3.8, 4) is 0 Å². The number of fused-ring (bicyclic) bond motifs is 5. The second kappa shape index (κ2) is 6.83. The van der Waals surface area contributed by atoms with Gasteiger partial charge in [-0.3, -0.25) is 14.4 Å². The number of ketones is 1. The Balaban J connectivity index is 1.80. The van der Waals surface area contributed by atoms with Crippen LogP contribution in [0.15, 0.2) is 11.8 Å². The Morgan fingerprint density at radius 1 is 1.13 bits per heavy atom. The van der Waals surface area contributed by atoms with Gasteiger partial charge in [-0.15, -0.1) is 0 Å². The van der Waals surface area contributed by atoms with Crippen molar-refractivity contribution in [2.45, 2.75) is 78.2 Å². The largest absolute Gasteiger partial charge is 0.481 e. The number of hydrogen-bond acceptors (Lipinski definition) is 4.